The van der Waals surface area contributed by atoms with Crippen LogP contribution in [0.1, 0.15) is 5.56 Å². The first kappa shape index (κ1) is 10.1. The summed E-state index contributed by atoms with van der Waals surface area (Å²) in [6, 6.07) is 3.70. The Morgan fingerprint density at radius 1 is 1.27 bits per heavy atom. The third-order valence-corrected chi connectivity index (χ3v) is 2.22. The lowest BCUT2D eigenvalue weighted by molar-refractivity contribution is -0.210. The summed E-state index contributed by atoms with van der Waals surface area (Å²) in [5.41, 5.74) is -0.0527. The fourth-order valence-electron chi connectivity index (χ4n) is 1.42. The molecule has 0 saturated carbocycles. The summed E-state index contributed by atoms with van der Waals surface area (Å²) < 4.78 is 26.5. The van der Waals surface area contributed by atoms with Crippen molar-refractivity contribution in [3.05, 3.63) is 47.7 Å². The van der Waals surface area contributed by atoms with Gasteiger partial charge in [0.1, 0.15) is 11.6 Å². The molecule has 0 saturated heterocycles. The number of hydrogen-bond donors (Lipinski definition) is 1. The first-order chi connectivity index (χ1) is 7.18. The number of rotatable bonds is 2. The maximum absolute atomic E-state index is 13.2. The second-order valence-corrected chi connectivity index (χ2v) is 3.24. The SMILES string of the molecule is ON1CC=CN1Cc1c(F)cccc1F. The lowest BCUT2D eigenvalue weighted by Gasteiger charge is -2.23. The fourth-order valence-corrected chi connectivity index (χ4v) is 1.42. The largest absolute Gasteiger partial charge is 0.294 e. The average Bonchev–Trinajstić information content (AvgIpc) is 2.58. The maximum atomic E-state index is 13.2. The van der Waals surface area contributed by atoms with E-state index in [0.717, 1.165) is 5.17 Å². The molecule has 0 unspecified atom stereocenters. The molecule has 1 aliphatic heterocycles. The summed E-state index contributed by atoms with van der Waals surface area (Å²) in [6.07, 6.45) is 3.27. The number of halogens is 2. The molecule has 1 N–H and O–H groups in total. The van der Waals surface area contributed by atoms with Gasteiger partial charge in [-0.05, 0) is 18.2 Å². The number of hydroxylamine groups is 1. The second kappa shape index (κ2) is 3.96. The Labute approximate surface area is 85.8 Å². The number of benzene rings is 1. The van der Waals surface area contributed by atoms with Gasteiger partial charge < -0.3 is 0 Å². The van der Waals surface area contributed by atoms with Gasteiger partial charge in [0.05, 0.1) is 13.1 Å². The predicted octanol–water partition coefficient (Wildman–Crippen LogP) is 1.90. The van der Waals surface area contributed by atoms with Crippen molar-refractivity contribution < 1.29 is 14.0 Å². The van der Waals surface area contributed by atoms with Gasteiger partial charge in [-0.3, -0.25) is 10.2 Å². The van der Waals surface area contributed by atoms with Crippen LogP contribution < -0.4 is 0 Å². The number of hydrogen-bond acceptors (Lipinski definition) is 3. The van der Waals surface area contributed by atoms with Crippen LogP contribution in [0.25, 0.3) is 0 Å². The van der Waals surface area contributed by atoms with Crippen LogP contribution in [0.15, 0.2) is 30.5 Å². The van der Waals surface area contributed by atoms with E-state index < -0.39 is 11.6 Å². The summed E-state index contributed by atoms with van der Waals surface area (Å²) in [4.78, 5) is 0. The lowest BCUT2D eigenvalue weighted by Crippen LogP contribution is -2.32. The zero-order chi connectivity index (χ0) is 10.8. The molecule has 0 atom stereocenters. The molecule has 0 fully saturated rings. The molecule has 3 nitrogen and oxygen atoms in total. The Balaban J connectivity index is 2.20. The molecule has 80 valence electrons. The zero-order valence-corrected chi connectivity index (χ0v) is 7.90. The van der Waals surface area contributed by atoms with E-state index in [1.54, 1.807) is 12.3 Å². The van der Waals surface area contributed by atoms with Crippen LogP contribution in [0, 0.1) is 11.6 Å². The van der Waals surface area contributed by atoms with E-state index in [1.165, 1.54) is 23.2 Å². The molecule has 2 rings (SSSR count). The predicted molar refractivity (Wildman–Crippen MR) is 49.5 cm³/mol. The van der Waals surface area contributed by atoms with E-state index in [-0.39, 0.29) is 12.1 Å². The van der Waals surface area contributed by atoms with Gasteiger partial charge in [0.15, 0.2) is 0 Å². The number of nitrogens with zero attached hydrogens (tertiary/aromatic N) is 2. The minimum atomic E-state index is -0.608. The van der Waals surface area contributed by atoms with Gasteiger partial charge in [-0.2, -0.15) is 0 Å². The first-order valence-corrected chi connectivity index (χ1v) is 4.51. The third kappa shape index (κ3) is 1.98. The Hall–Kier alpha value is -1.46. The molecule has 1 aromatic rings. The van der Waals surface area contributed by atoms with E-state index in [9.17, 15) is 14.0 Å². The van der Waals surface area contributed by atoms with Gasteiger partial charge in [0, 0.05) is 11.8 Å². The van der Waals surface area contributed by atoms with E-state index >= 15 is 0 Å². The van der Waals surface area contributed by atoms with Crippen molar-refractivity contribution in [1.82, 2.24) is 10.2 Å². The van der Waals surface area contributed by atoms with Gasteiger partial charge in [-0.1, -0.05) is 11.2 Å². The van der Waals surface area contributed by atoms with Crippen molar-refractivity contribution in [2.24, 2.45) is 0 Å². The average molecular weight is 212 g/mol. The molecule has 5 heteroatoms. The molecule has 1 aromatic carbocycles. The van der Waals surface area contributed by atoms with Crippen LogP contribution in [0.3, 0.4) is 0 Å². The summed E-state index contributed by atoms with van der Waals surface area (Å²) in [5, 5.41) is 11.5. The molecule has 1 aliphatic rings. The van der Waals surface area contributed by atoms with Crippen molar-refractivity contribution in [3.8, 4) is 0 Å². The highest BCUT2D eigenvalue weighted by molar-refractivity contribution is 5.19. The van der Waals surface area contributed by atoms with Crippen molar-refractivity contribution in [3.63, 3.8) is 0 Å². The summed E-state index contributed by atoms with van der Waals surface area (Å²) in [7, 11) is 0. The summed E-state index contributed by atoms with van der Waals surface area (Å²) >= 11 is 0. The van der Waals surface area contributed by atoms with Crippen molar-refractivity contribution in [2.45, 2.75) is 6.54 Å². The highest BCUT2D eigenvalue weighted by Gasteiger charge is 2.17. The van der Waals surface area contributed by atoms with Crippen LogP contribution in [-0.4, -0.2) is 21.9 Å². The second-order valence-electron chi connectivity index (χ2n) is 3.24. The Morgan fingerprint density at radius 3 is 2.47 bits per heavy atom. The van der Waals surface area contributed by atoms with Crippen LogP contribution >= 0.6 is 0 Å². The Bertz CT molecular complexity index is 375. The van der Waals surface area contributed by atoms with E-state index in [4.69, 9.17) is 0 Å². The normalized spacial score (nSPS) is 16.3. The minimum Gasteiger partial charge on any atom is -0.294 e. The zero-order valence-electron chi connectivity index (χ0n) is 7.90. The van der Waals surface area contributed by atoms with E-state index in [2.05, 4.69) is 0 Å². The van der Waals surface area contributed by atoms with Gasteiger partial charge >= 0.3 is 0 Å². The van der Waals surface area contributed by atoms with Crippen LogP contribution in [0.5, 0.6) is 0 Å². The molecule has 1 heterocycles. The summed E-state index contributed by atoms with van der Waals surface area (Å²) in [5.74, 6) is -1.22. The van der Waals surface area contributed by atoms with E-state index in [0.29, 0.717) is 6.54 Å². The number of hydrazine groups is 1. The van der Waals surface area contributed by atoms with Crippen LogP contribution in [0.4, 0.5) is 8.78 Å². The Morgan fingerprint density at radius 2 is 1.93 bits per heavy atom. The topological polar surface area (TPSA) is 26.7 Å². The molecule has 0 radical (unpaired) electrons. The van der Waals surface area contributed by atoms with Crippen LogP contribution in [0.2, 0.25) is 0 Å². The van der Waals surface area contributed by atoms with E-state index in [1.807, 2.05) is 0 Å². The molecule has 0 amide bonds. The fraction of sp³-hybridized carbons (Fsp3) is 0.200. The van der Waals surface area contributed by atoms with Crippen LogP contribution in [-0.2, 0) is 6.54 Å². The molecule has 0 spiro atoms. The highest BCUT2D eigenvalue weighted by atomic mass is 19.1. The molecule has 0 bridgehead atoms. The quantitative estimate of drug-likeness (QED) is 0.811. The maximum Gasteiger partial charge on any atom is 0.131 e. The molecular formula is C10H10F2N2O. The highest BCUT2D eigenvalue weighted by Crippen LogP contribution is 2.17. The van der Waals surface area contributed by atoms with Crippen molar-refractivity contribution in [1.29, 1.82) is 0 Å². The van der Waals surface area contributed by atoms with Crippen molar-refractivity contribution in [2.75, 3.05) is 6.54 Å². The van der Waals surface area contributed by atoms with Gasteiger partial charge in [0.2, 0.25) is 0 Å². The smallest absolute Gasteiger partial charge is 0.131 e. The van der Waals surface area contributed by atoms with Gasteiger partial charge in [0.25, 0.3) is 0 Å². The monoisotopic (exact) mass is 212 g/mol. The molecular weight excluding hydrogens is 202 g/mol. The molecule has 0 aliphatic carbocycles. The van der Waals surface area contributed by atoms with Crippen molar-refractivity contribution >= 4 is 0 Å². The molecule has 15 heavy (non-hydrogen) atoms. The van der Waals surface area contributed by atoms with Gasteiger partial charge in [-0.25, -0.2) is 8.78 Å². The summed E-state index contributed by atoms with van der Waals surface area (Å²) in [6.45, 7) is 0.307. The standard InChI is InChI=1S/C10H10F2N2O/c11-9-3-1-4-10(12)8(9)7-13-5-2-6-14(13)15/h1-5,15H,6-7H2. The molecule has 0 aromatic heterocycles. The third-order valence-electron chi connectivity index (χ3n) is 2.22. The first-order valence-electron chi connectivity index (χ1n) is 4.51. The van der Waals surface area contributed by atoms with Gasteiger partial charge in [-0.15, -0.1) is 0 Å². The lowest BCUT2D eigenvalue weighted by atomic mass is 10.2. The Kier molecular flexibility index (Phi) is 2.66. The minimum absolute atomic E-state index is 0.0223.